The van der Waals surface area contributed by atoms with Gasteiger partial charge in [-0.15, -0.1) is 0 Å². The molecule has 0 atom stereocenters. The van der Waals surface area contributed by atoms with E-state index in [1.165, 1.54) is 0 Å². The molecule has 3 N–H and O–H groups in total. The second-order valence-electron chi connectivity index (χ2n) is 4.05. The molecule has 0 aliphatic rings. The lowest BCUT2D eigenvalue weighted by Gasteiger charge is -2.30. The number of halogens is 2. The van der Waals surface area contributed by atoms with E-state index in [1.807, 2.05) is 13.8 Å². The molecule has 0 spiro atoms. The lowest BCUT2D eigenvalue weighted by atomic mass is 9.78. The Morgan fingerprint density at radius 2 is 1.82 bits per heavy atom. The summed E-state index contributed by atoms with van der Waals surface area (Å²) in [4.78, 5) is 12.1. The molecule has 0 aromatic heterocycles. The van der Waals surface area contributed by atoms with Gasteiger partial charge in [-0.2, -0.15) is 0 Å². The molecule has 1 amide bonds. The highest BCUT2D eigenvalue weighted by Gasteiger charge is 2.39. The van der Waals surface area contributed by atoms with Gasteiger partial charge >= 0.3 is 0 Å². The number of nitrogens with two attached hydrogens (primary N) is 1. The quantitative estimate of drug-likeness (QED) is 0.662. The van der Waals surface area contributed by atoms with Gasteiger partial charge < -0.3 is 11.1 Å². The maximum Gasteiger partial charge on any atom is 0.255 e. The second-order valence-corrected chi connectivity index (χ2v) is 4.49. The van der Waals surface area contributed by atoms with E-state index in [-0.39, 0.29) is 4.99 Å². The van der Waals surface area contributed by atoms with Gasteiger partial charge in [0.1, 0.15) is 0 Å². The predicted molar refractivity (Wildman–Crippen MR) is 68.0 cm³/mol. The molecule has 0 aliphatic heterocycles. The first kappa shape index (κ1) is 16.2. The number of amides is 1. The van der Waals surface area contributed by atoms with E-state index < -0.39 is 24.3 Å². The molecule has 0 aliphatic carbocycles. The van der Waals surface area contributed by atoms with Crippen molar-refractivity contribution in [2.45, 2.75) is 46.0 Å². The van der Waals surface area contributed by atoms with Crippen LogP contribution in [0.3, 0.4) is 0 Å². The lowest BCUT2D eigenvalue weighted by Crippen LogP contribution is -2.49. The van der Waals surface area contributed by atoms with Crippen LogP contribution in [0.4, 0.5) is 8.78 Å². The molecule has 0 bridgehead atoms. The van der Waals surface area contributed by atoms with Crippen molar-refractivity contribution in [3.63, 3.8) is 0 Å². The minimum Gasteiger partial charge on any atom is -0.392 e. The zero-order valence-electron chi connectivity index (χ0n) is 10.3. The number of rotatable bonds is 8. The highest BCUT2D eigenvalue weighted by Crippen LogP contribution is 2.30. The molecule has 0 aromatic rings. The second kappa shape index (κ2) is 7.53. The van der Waals surface area contributed by atoms with Crippen molar-refractivity contribution in [3.05, 3.63) is 0 Å². The molecule has 0 aromatic carbocycles. The fourth-order valence-electron chi connectivity index (χ4n) is 1.90. The third-order valence-electron chi connectivity index (χ3n) is 2.68. The first-order valence-electron chi connectivity index (χ1n) is 5.77. The van der Waals surface area contributed by atoms with Gasteiger partial charge in [-0.25, -0.2) is 8.78 Å². The highest BCUT2D eigenvalue weighted by atomic mass is 32.1. The van der Waals surface area contributed by atoms with Crippen LogP contribution in [0.25, 0.3) is 0 Å². The van der Waals surface area contributed by atoms with Gasteiger partial charge in [0.25, 0.3) is 6.43 Å². The highest BCUT2D eigenvalue weighted by molar-refractivity contribution is 7.80. The fourth-order valence-corrected chi connectivity index (χ4v) is 2.20. The Bertz CT molecular complexity index is 266. The number of thiocarbonyl (C=S) groups is 1. The maximum atomic E-state index is 12.1. The van der Waals surface area contributed by atoms with Crippen LogP contribution in [0.2, 0.25) is 0 Å². The van der Waals surface area contributed by atoms with Crippen LogP contribution in [0, 0.1) is 5.41 Å². The number of hydrogen-bond donors (Lipinski definition) is 2. The number of hydrogen-bond acceptors (Lipinski definition) is 2. The molecule has 0 saturated heterocycles. The minimum absolute atomic E-state index is 0.0907. The van der Waals surface area contributed by atoms with Crippen molar-refractivity contribution in [2.75, 3.05) is 6.54 Å². The van der Waals surface area contributed by atoms with Crippen LogP contribution in [0.1, 0.15) is 39.5 Å². The van der Waals surface area contributed by atoms with Crippen LogP contribution in [0.15, 0.2) is 0 Å². The van der Waals surface area contributed by atoms with E-state index in [2.05, 4.69) is 5.32 Å². The molecule has 0 saturated carbocycles. The SMILES string of the molecule is CCCC(CCC)(C(=O)NCC(F)F)C(N)=S. The molecule has 0 heterocycles. The summed E-state index contributed by atoms with van der Waals surface area (Å²) in [6, 6.07) is 0. The van der Waals surface area contributed by atoms with E-state index in [4.69, 9.17) is 18.0 Å². The summed E-state index contributed by atoms with van der Waals surface area (Å²) in [5, 5.41) is 2.22. The summed E-state index contributed by atoms with van der Waals surface area (Å²) in [7, 11) is 0. The van der Waals surface area contributed by atoms with Crippen molar-refractivity contribution in [3.8, 4) is 0 Å². The summed E-state index contributed by atoms with van der Waals surface area (Å²) in [5.74, 6) is -0.478. The van der Waals surface area contributed by atoms with E-state index in [9.17, 15) is 13.6 Å². The molecule has 17 heavy (non-hydrogen) atoms. The van der Waals surface area contributed by atoms with Gasteiger partial charge in [-0.1, -0.05) is 38.9 Å². The average Bonchev–Trinajstić information content (AvgIpc) is 2.24. The van der Waals surface area contributed by atoms with Crippen molar-refractivity contribution in [1.82, 2.24) is 5.32 Å². The summed E-state index contributed by atoms with van der Waals surface area (Å²) >= 11 is 4.95. The topological polar surface area (TPSA) is 55.1 Å². The molecule has 100 valence electrons. The molecule has 0 fully saturated rings. The molecular weight excluding hydrogens is 246 g/mol. The minimum atomic E-state index is -2.56. The maximum absolute atomic E-state index is 12.1. The van der Waals surface area contributed by atoms with E-state index in [0.29, 0.717) is 12.8 Å². The molecule has 0 unspecified atom stereocenters. The normalized spacial score (nSPS) is 11.6. The number of nitrogens with one attached hydrogen (secondary N) is 1. The van der Waals surface area contributed by atoms with Gasteiger partial charge in [0.2, 0.25) is 5.91 Å². The van der Waals surface area contributed by atoms with Gasteiger partial charge in [0, 0.05) is 0 Å². The molecule has 6 heteroatoms. The summed E-state index contributed by atoms with van der Waals surface area (Å²) in [6.07, 6.45) is -0.138. The number of carbonyl (C=O) groups is 1. The summed E-state index contributed by atoms with van der Waals surface area (Å²) in [6.45, 7) is 3.16. The first-order chi connectivity index (χ1) is 7.90. The number of carbonyl (C=O) groups excluding carboxylic acids is 1. The van der Waals surface area contributed by atoms with Crippen molar-refractivity contribution in [2.24, 2.45) is 11.1 Å². The Labute approximate surface area is 106 Å². The smallest absolute Gasteiger partial charge is 0.255 e. The zero-order chi connectivity index (χ0) is 13.5. The van der Waals surface area contributed by atoms with Crippen molar-refractivity contribution < 1.29 is 13.6 Å². The van der Waals surface area contributed by atoms with Crippen LogP contribution < -0.4 is 11.1 Å². The molecule has 0 rings (SSSR count). The largest absolute Gasteiger partial charge is 0.392 e. The third-order valence-corrected chi connectivity index (χ3v) is 3.07. The van der Waals surface area contributed by atoms with E-state index in [0.717, 1.165) is 12.8 Å². The van der Waals surface area contributed by atoms with Crippen LogP contribution in [-0.4, -0.2) is 23.9 Å². The Hall–Kier alpha value is -0.780. The lowest BCUT2D eigenvalue weighted by molar-refractivity contribution is -0.128. The third kappa shape index (κ3) is 4.53. The van der Waals surface area contributed by atoms with Gasteiger partial charge in [0.05, 0.1) is 16.9 Å². The Morgan fingerprint density at radius 3 is 2.12 bits per heavy atom. The average molecular weight is 266 g/mol. The summed E-state index contributed by atoms with van der Waals surface area (Å²) < 4.78 is 24.2. The van der Waals surface area contributed by atoms with Gasteiger partial charge in [-0.3, -0.25) is 4.79 Å². The molecular formula is C11H20F2N2OS. The summed E-state index contributed by atoms with van der Waals surface area (Å²) in [5.41, 5.74) is 4.66. The van der Waals surface area contributed by atoms with E-state index >= 15 is 0 Å². The van der Waals surface area contributed by atoms with Crippen LogP contribution >= 0.6 is 12.2 Å². The van der Waals surface area contributed by atoms with Gasteiger partial charge in [-0.05, 0) is 12.8 Å². The molecule has 0 radical (unpaired) electrons. The monoisotopic (exact) mass is 266 g/mol. The first-order valence-corrected chi connectivity index (χ1v) is 6.17. The molecule has 3 nitrogen and oxygen atoms in total. The fraction of sp³-hybridized carbons (Fsp3) is 0.818. The standard InChI is InChI=1S/C11H20F2N2OS/c1-3-5-11(6-4-2,9(14)17)10(16)15-7-8(12)13/h8H,3-7H2,1-2H3,(H2,14,17)(H,15,16). The van der Waals surface area contributed by atoms with Gasteiger partial charge in [0.15, 0.2) is 0 Å². The van der Waals surface area contributed by atoms with Crippen molar-refractivity contribution >= 4 is 23.1 Å². The van der Waals surface area contributed by atoms with Crippen LogP contribution in [0.5, 0.6) is 0 Å². The zero-order valence-corrected chi connectivity index (χ0v) is 11.1. The predicted octanol–water partition coefficient (Wildman–Crippen LogP) is 2.24. The van der Waals surface area contributed by atoms with Crippen molar-refractivity contribution in [1.29, 1.82) is 0 Å². The van der Waals surface area contributed by atoms with E-state index in [1.54, 1.807) is 0 Å². The Morgan fingerprint density at radius 1 is 1.35 bits per heavy atom. The Kier molecular flexibility index (Phi) is 7.18. The Balaban J connectivity index is 4.86. The van der Waals surface area contributed by atoms with Crippen LogP contribution in [-0.2, 0) is 4.79 Å². The number of alkyl halides is 2.